The molecular formula is C9H10N4S. The van der Waals surface area contributed by atoms with Crippen LogP contribution in [0.5, 0.6) is 0 Å². The van der Waals surface area contributed by atoms with E-state index in [-0.39, 0.29) is 0 Å². The van der Waals surface area contributed by atoms with Crippen molar-refractivity contribution in [2.75, 3.05) is 7.05 Å². The van der Waals surface area contributed by atoms with Gasteiger partial charge in [-0.25, -0.2) is 4.98 Å². The van der Waals surface area contributed by atoms with Crippen molar-refractivity contribution in [2.45, 2.75) is 6.54 Å². The Morgan fingerprint density at radius 1 is 1.43 bits per heavy atom. The van der Waals surface area contributed by atoms with Crippen molar-refractivity contribution < 1.29 is 0 Å². The third-order valence-corrected chi connectivity index (χ3v) is 2.68. The lowest BCUT2D eigenvalue weighted by Crippen LogP contribution is -2.04. The summed E-state index contributed by atoms with van der Waals surface area (Å²) in [5.41, 5.74) is 2.08. The molecule has 0 bridgehead atoms. The van der Waals surface area contributed by atoms with Gasteiger partial charge in [-0.1, -0.05) is 0 Å². The van der Waals surface area contributed by atoms with Gasteiger partial charge in [0.2, 0.25) is 0 Å². The molecule has 0 amide bonds. The van der Waals surface area contributed by atoms with Gasteiger partial charge in [-0.2, -0.15) is 10.2 Å². The summed E-state index contributed by atoms with van der Waals surface area (Å²) in [4.78, 5) is 4.46. The summed E-state index contributed by atoms with van der Waals surface area (Å²) < 4.78 is 0. The largest absolute Gasteiger partial charge is 0.314 e. The molecule has 0 saturated heterocycles. The van der Waals surface area contributed by atoms with Crippen LogP contribution >= 0.6 is 11.3 Å². The lowest BCUT2D eigenvalue weighted by Gasteiger charge is -1.93. The third-order valence-electron chi connectivity index (χ3n) is 1.74. The van der Waals surface area contributed by atoms with Crippen LogP contribution < -0.4 is 5.32 Å². The summed E-state index contributed by atoms with van der Waals surface area (Å²) in [6.07, 6.45) is 3.40. The zero-order valence-electron chi connectivity index (χ0n) is 7.77. The Hall–Kier alpha value is -1.33. The van der Waals surface area contributed by atoms with Crippen LogP contribution in [0.3, 0.4) is 0 Å². The van der Waals surface area contributed by atoms with E-state index in [4.69, 9.17) is 0 Å². The number of hydrogen-bond donors (Lipinski definition) is 1. The molecule has 14 heavy (non-hydrogen) atoms. The zero-order valence-corrected chi connectivity index (χ0v) is 8.58. The molecule has 0 saturated carbocycles. The van der Waals surface area contributed by atoms with Gasteiger partial charge >= 0.3 is 0 Å². The van der Waals surface area contributed by atoms with Crippen LogP contribution in [0.25, 0.3) is 10.6 Å². The summed E-state index contributed by atoms with van der Waals surface area (Å²) in [7, 11) is 1.91. The van der Waals surface area contributed by atoms with Gasteiger partial charge in [0.15, 0.2) is 0 Å². The standard InChI is InChI=1S/C9H10N4S/c1-10-5-8-6-14-9(13-8)7-2-3-11-12-4-7/h2-4,6,10H,5H2,1H3. The van der Waals surface area contributed by atoms with Gasteiger partial charge in [-0.05, 0) is 13.1 Å². The van der Waals surface area contributed by atoms with Gasteiger partial charge in [-0.15, -0.1) is 11.3 Å². The molecule has 2 heterocycles. The van der Waals surface area contributed by atoms with Crippen LogP contribution in [0.2, 0.25) is 0 Å². The highest BCUT2D eigenvalue weighted by Crippen LogP contribution is 2.21. The fourth-order valence-corrected chi connectivity index (χ4v) is 1.93. The second kappa shape index (κ2) is 4.26. The number of rotatable bonds is 3. The van der Waals surface area contributed by atoms with Gasteiger partial charge in [0.1, 0.15) is 5.01 Å². The maximum atomic E-state index is 4.46. The Kier molecular flexibility index (Phi) is 2.81. The van der Waals surface area contributed by atoms with Crippen molar-refractivity contribution in [3.63, 3.8) is 0 Å². The molecule has 72 valence electrons. The van der Waals surface area contributed by atoms with Crippen molar-refractivity contribution in [1.29, 1.82) is 0 Å². The van der Waals surface area contributed by atoms with Crippen LogP contribution in [-0.2, 0) is 6.54 Å². The van der Waals surface area contributed by atoms with E-state index in [1.165, 1.54) is 0 Å². The van der Waals surface area contributed by atoms with Crippen molar-refractivity contribution >= 4 is 11.3 Å². The molecule has 0 spiro atoms. The third kappa shape index (κ3) is 1.94. The maximum absolute atomic E-state index is 4.46. The normalized spacial score (nSPS) is 10.4. The molecule has 0 aliphatic rings. The molecular weight excluding hydrogens is 196 g/mol. The first kappa shape index (κ1) is 9.23. The molecule has 2 aromatic heterocycles. The van der Waals surface area contributed by atoms with Gasteiger partial charge in [0, 0.05) is 17.5 Å². The van der Waals surface area contributed by atoms with Crippen LogP contribution in [0.1, 0.15) is 5.69 Å². The molecule has 0 radical (unpaired) electrons. The second-order valence-corrected chi connectivity index (χ2v) is 3.66. The van der Waals surface area contributed by atoms with Crippen LogP contribution in [0, 0.1) is 0 Å². The SMILES string of the molecule is CNCc1csc(-c2ccnnc2)n1. The minimum Gasteiger partial charge on any atom is -0.314 e. The van der Waals surface area contributed by atoms with Crippen molar-refractivity contribution in [3.8, 4) is 10.6 Å². The summed E-state index contributed by atoms with van der Waals surface area (Å²) in [5, 5.41) is 13.6. The Labute approximate surface area is 86.0 Å². The molecule has 0 unspecified atom stereocenters. The van der Waals surface area contributed by atoms with E-state index in [0.29, 0.717) is 0 Å². The summed E-state index contributed by atoms with van der Waals surface area (Å²) in [6, 6.07) is 1.91. The van der Waals surface area contributed by atoms with Crippen molar-refractivity contribution in [1.82, 2.24) is 20.5 Å². The summed E-state index contributed by atoms with van der Waals surface area (Å²) in [5.74, 6) is 0. The van der Waals surface area contributed by atoms with Crippen molar-refractivity contribution in [3.05, 3.63) is 29.5 Å². The molecule has 0 aliphatic heterocycles. The fourth-order valence-electron chi connectivity index (χ4n) is 1.12. The number of nitrogens with zero attached hydrogens (tertiary/aromatic N) is 3. The van der Waals surface area contributed by atoms with E-state index in [1.807, 2.05) is 18.5 Å². The highest BCUT2D eigenvalue weighted by Gasteiger charge is 2.03. The monoisotopic (exact) mass is 206 g/mol. The maximum Gasteiger partial charge on any atom is 0.125 e. The second-order valence-electron chi connectivity index (χ2n) is 2.81. The van der Waals surface area contributed by atoms with E-state index in [0.717, 1.165) is 22.8 Å². The molecule has 4 nitrogen and oxygen atoms in total. The number of thiazole rings is 1. The van der Waals surface area contributed by atoms with Crippen molar-refractivity contribution in [2.24, 2.45) is 0 Å². The van der Waals surface area contributed by atoms with E-state index < -0.39 is 0 Å². The molecule has 2 aromatic rings. The van der Waals surface area contributed by atoms with E-state index >= 15 is 0 Å². The lowest BCUT2D eigenvalue weighted by molar-refractivity contribution is 0.798. The fraction of sp³-hybridized carbons (Fsp3) is 0.222. The molecule has 0 aliphatic carbocycles. The molecule has 0 fully saturated rings. The van der Waals surface area contributed by atoms with Gasteiger partial charge in [0.25, 0.3) is 0 Å². The first-order valence-electron chi connectivity index (χ1n) is 4.26. The van der Waals surface area contributed by atoms with E-state index in [2.05, 4.69) is 20.5 Å². The Morgan fingerprint density at radius 3 is 3.07 bits per heavy atom. The lowest BCUT2D eigenvalue weighted by atomic mass is 10.3. The van der Waals surface area contributed by atoms with Gasteiger partial charge in [0.05, 0.1) is 18.1 Å². The number of aromatic nitrogens is 3. The Bertz CT molecular complexity index is 398. The first-order valence-corrected chi connectivity index (χ1v) is 5.14. The zero-order chi connectivity index (χ0) is 9.80. The summed E-state index contributed by atoms with van der Waals surface area (Å²) in [6.45, 7) is 0.801. The predicted molar refractivity (Wildman–Crippen MR) is 55.9 cm³/mol. The minimum absolute atomic E-state index is 0.801. The smallest absolute Gasteiger partial charge is 0.125 e. The highest BCUT2D eigenvalue weighted by molar-refractivity contribution is 7.13. The minimum atomic E-state index is 0.801. The van der Waals surface area contributed by atoms with Crippen LogP contribution in [0.15, 0.2) is 23.8 Å². The number of hydrogen-bond acceptors (Lipinski definition) is 5. The topological polar surface area (TPSA) is 50.7 Å². The van der Waals surface area contributed by atoms with Crippen LogP contribution in [0.4, 0.5) is 0 Å². The molecule has 1 N–H and O–H groups in total. The Balaban J connectivity index is 2.25. The molecule has 2 rings (SSSR count). The van der Waals surface area contributed by atoms with Gasteiger partial charge < -0.3 is 5.32 Å². The Morgan fingerprint density at radius 2 is 2.36 bits per heavy atom. The number of nitrogens with one attached hydrogen (secondary N) is 1. The average Bonchev–Trinajstić information content (AvgIpc) is 2.68. The molecule has 0 atom stereocenters. The highest BCUT2D eigenvalue weighted by atomic mass is 32.1. The van der Waals surface area contributed by atoms with E-state index in [1.54, 1.807) is 23.7 Å². The quantitative estimate of drug-likeness (QED) is 0.823. The van der Waals surface area contributed by atoms with E-state index in [9.17, 15) is 0 Å². The first-order chi connectivity index (χ1) is 6.90. The summed E-state index contributed by atoms with van der Waals surface area (Å²) >= 11 is 1.62. The average molecular weight is 206 g/mol. The van der Waals surface area contributed by atoms with Gasteiger partial charge in [-0.3, -0.25) is 0 Å². The van der Waals surface area contributed by atoms with Crippen LogP contribution in [-0.4, -0.2) is 22.2 Å². The molecule has 5 heteroatoms. The predicted octanol–water partition coefficient (Wildman–Crippen LogP) is 1.32. The molecule has 0 aromatic carbocycles.